The fourth-order valence-electron chi connectivity index (χ4n) is 4.39. The smallest absolute Gasteiger partial charge is 0.0103 e. The van der Waals surface area contributed by atoms with Gasteiger partial charge in [-0.2, -0.15) is 0 Å². The zero-order valence-electron chi connectivity index (χ0n) is 12.8. The lowest BCUT2D eigenvalue weighted by molar-refractivity contribution is 0.338. The lowest BCUT2D eigenvalue weighted by atomic mass is 9.93. The van der Waals surface area contributed by atoms with Crippen LogP contribution in [0.3, 0.4) is 0 Å². The quantitative estimate of drug-likeness (QED) is 0.664. The Morgan fingerprint density at radius 1 is 1.06 bits per heavy atom. The van der Waals surface area contributed by atoms with Crippen molar-refractivity contribution in [2.24, 2.45) is 23.7 Å². The minimum Gasteiger partial charge on any atom is -0.314 e. The Labute approximate surface area is 114 Å². The Bertz CT molecular complexity index is 226. The van der Waals surface area contributed by atoms with Crippen molar-refractivity contribution in [1.29, 1.82) is 0 Å². The first-order valence-electron chi connectivity index (χ1n) is 8.51. The largest absolute Gasteiger partial charge is 0.314 e. The predicted octanol–water partition coefficient (Wildman–Crippen LogP) is 4.62. The molecule has 4 atom stereocenters. The van der Waals surface area contributed by atoms with Gasteiger partial charge in [0.05, 0.1) is 0 Å². The Hall–Kier alpha value is -0.0400. The zero-order chi connectivity index (χ0) is 13.0. The van der Waals surface area contributed by atoms with E-state index >= 15 is 0 Å². The molecule has 18 heavy (non-hydrogen) atoms. The second kappa shape index (κ2) is 6.93. The van der Waals surface area contributed by atoms with Crippen LogP contribution < -0.4 is 5.32 Å². The average molecular weight is 251 g/mol. The highest BCUT2D eigenvalue weighted by molar-refractivity contribution is 5.04. The normalized spacial score (nSPS) is 33.8. The molecule has 0 spiro atoms. The van der Waals surface area contributed by atoms with Gasteiger partial charge in [-0.05, 0) is 55.9 Å². The maximum atomic E-state index is 3.88. The molecule has 106 valence electrons. The van der Waals surface area contributed by atoms with Crippen molar-refractivity contribution in [1.82, 2.24) is 5.32 Å². The van der Waals surface area contributed by atoms with Crippen LogP contribution in [-0.4, -0.2) is 12.6 Å². The highest BCUT2D eigenvalue weighted by Gasteiger charge is 2.53. The van der Waals surface area contributed by atoms with E-state index in [1.807, 2.05) is 0 Å². The van der Waals surface area contributed by atoms with Crippen LogP contribution in [0.15, 0.2) is 0 Å². The summed E-state index contributed by atoms with van der Waals surface area (Å²) in [4.78, 5) is 0. The van der Waals surface area contributed by atoms with E-state index < -0.39 is 0 Å². The molecule has 1 nitrogen and oxygen atoms in total. The molecule has 0 aromatic rings. The third-order valence-corrected chi connectivity index (χ3v) is 5.28. The van der Waals surface area contributed by atoms with Crippen LogP contribution in [0.25, 0.3) is 0 Å². The van der Waals surface area contributed by atoms with Crippen molar-refractivity contribution in [3.63, 3.8) is 0 Å². The van der Waals surface area contributed by atoms with E-state index in [2.05, 4.69) is 26.1 Å². The standard InChI is InChI=1S/C17H33N/c1-4-8-13(3)12-16(18-11-5-2)17-14-9-6-7-10-15(14)17/h13-18H,4-12H2,1-3H3. The lowest BCUT2D eigenvalue weighted by Gasteiger charge is -2.23. The van der Waals surface area contributed by atoms with Gasteiger partial charge in [-0.25, -0.2) is 0 Å². The molecule has 0 saturated heterocycles. The van der Waals surface area contributed by atoms with Gasteiger partial charge in [0.25, 0.3) is 0 Å². The first-order valence-corrected chi connectivity index (χ1v) is 8.51. The van der Waals surface area contributed by atoms with E-state index in [4.69, 9.17) is 0 Å². The zero-order valence-corrected chi connectivity index (χ0v) is 12.8. The average Bonchev–Trinajstić information content (AvgIpc) is 3.09. The predicted molar refractivity (Wildman–Crippen MR) is 79.7 cm³/mol. The van der Waals surface area contributed by atoms with Crippen molar-refractivity contribution >= 4 is 0 Å². The van der Waals surface area contributed by atoms with Crippen LogP contribution >= 0.6 is 0 Å². The number of rotatable bonds is 8. The molecule has 0 aromatic carbocycles. The van der Waals surface area contributed by atoms with Crippen molar-refractivity contribution < 1.29 is 0 Å². The summed E-state index contributed by atoms with van der Waals surface area (Å²) in [5, 5.41) is 3.88. The van der Waals surface area contributed by atoms with Crippen molar-refractivity contribution in [2.45, 2.75) is 78.2 Å². The van der Waals surface area contributed by atoms with Crippen LogP contribution in [0.5, 0.6) is 0 Å². The number of hydrogen-bond acceptors (Lipinski definition) is 1. The monoisotopic (exact) mass is 251 g/mol. The summed E-state index contributed by atoms with van der Waals surface area (Å²) >= 11 is 0. The maximum Gasteiger partial charge on any atom is 0.0103 e. The fourth-order valence-corrected chi connectivity index (χ4v) is 4.39. The van der Waals surface area contributed by atoms with Gasteiger partial charge in [0.15, 0.2) is 0 Å². The topological polar surface area (TPSA) is 12.0 Å². The molecule has 1 N–H and O–H groups in total. The minimum atomic E-state index is 0.833. The summed E-state index contributed by atoms with van der Waals surface area (Å²) in [5.74, 6) is 4.15. The van der Waals surface area contributed by atoms with E-state index in [1.165, 1.54) is 57.9 Å². The molecule has 2 rings (SSSR count). The molecule has 2 aliphatic rings. The van der Waals surface area contributed by atoms with Gasteiger partial charge in [-0.3, -0.25) is 0 Å². The van der Waals surface area contributed by atoms with Crippen LogP contribution in [0.1, 0.15) is 72.1 Å². The minimum absolute atomic E-state index is 0.833. The van der Waals surface area contributed by atoms with Crippen molar-refractivity contribution in [3.05, 3.63) is 0 Å². The summed E-state index contributed by atoms with van der Waals surface area (Å²) in [6.07, 6.45) is 11.5. The number of hydrogen-bond donors (Lipinski definition) is 1. The summed E-state index contributed by atoms with van der Waals surface area (Å²) < 4.78 is 0. The van der Waals surface area contributed by atoms with E-state index in [9.17, 15) is 0 Å². The van der Waals surface area contributed by atoms with Gasteiger partial charge in [0.1, 0.15) is 0 Å². The van der Waals surface area contributed by atoms with Crippen LogP contribution in [0.2, 0.25) is 0 Å². The summed E-state index contributed by atoms with van der Waals surface area (Å²) in [6.45, 7) is 8.29. The van der Waals surface area contributed by atoms with E-state index in [1.54, 1.807) is 0 Å². The number of fused-ring (bicyclic) bond motifs is 1. The number of nitrogens with one attached hydrogen (secondary N) is 1. The second-order valence-corrected chi connectivity index (χ2v) is 6.88. The molecule has 2 saturated carbocycles. The molecule has 0 amide bonds. The Morgan fingerprint density at radius 2 is 1.72 bits per heavy atom. The highest BCUT2D eigenvalue weighted by atomic mass is 14.9. The van der Waals surface area contributed by atoms with Crippen LogP contribution in [0.4, 0.5) is 0 Å². The lowest BCUT2D eigenvalue weighted by Crippen LogP contribution is -2.34. The third-order valence-electron chi connectivity index (χ3n) is 5.28. The van der Waals surface area contributed by atoms with E-state index in [-0.39, 0.29) is 0 Å². The summed E-state index contributed by atoms with van der Waals surface area (Å²) in [7, 11) is 0. The molecule has 4 unspecified atom stereocenters. The van der Waals surface area contributed by atoms with Crippen LogP contribution in [0, 0.1) is 23.7 Å². The van der Waals surface area contributed by atoms with Crippen LogP contribution in [-0.2, 0) is 0 Å². The Kier molecular flexibility index (Phi) is 5.54. The van der Waals surface area contributed by atoms with Gasteiger partial charge >= 0.3 is 0 Å². The summed E-state index contributed by atoms with van der Waals surface area (Å²) in [5.41, 5.74) is 0. The first kappa shape index (κ1) is 14.4. The van der Waals surface area contributed by atoms with Gasteiger partial charge < -0.3 is 5.32 Å². The van der Waals surface area contributed by atoms with Crippen molar-refractivity contribution in [3.8, 4) is 0 Å². The highest BCUT2D eigenvalue weighted by Crippen LogP contribution is 2.57. The van der Waals surface area contributed by atoms with Gasteiger partial charge in [0.2, 0.25) is 0 Å². The molecule has 0 bridgehead atoms. The fraction of sp³-hybridized carbons (Fsp3) is 1.00. The SMILES string of the molecule is CCCNC(CC(C)CCC)C1C2CCCCC21. The molecule has 0 aromatic heterocycles. The van der Waals surface area contributed by atoms with Gasteiger partial charge in [-0.15, -0.1) is 0 Å². The molecule has 2 aliphatic carbocycles. The molecule has 0 radical (unpaired) electrons. The second-order valence-electron chi connectivity index (χ2n) is 6.88. The Balaban J connectivity index is 1.84. The van der Waals surface area contributed by atoms with Gasteiger partial charge in [-0.1, -0.05) is 46.5 Å². The first-order chi connectivity index (χ1) is 8.77. The Morgan fingerprint density at radius 3 is 2.28 bits per heavy atom. The molecular formula is C17H33N. The van der Waals surface area contributed by atoms with Gasteiger partial charge in [0, 0.05) is 6.04 Å². The molecule has 2 fully saturated rings. The molecule has 1 heteroatoms. The van der Waals surface area contributed by atoms with Crippen molar-refractivity contribution in [2.75, 3.05) is 6.54 Å². The molecule has 0 aliphatic heterocycles. The summed E-state index contributed by atoms with van der Waals surface area (Å²) in [6, 6.07) is 0.833. The maximum absolute atomic E-state index is 3.88. The van der Waals surface area contributed by atoms with E-state index in [0.717, 1.165) is 29.7 Å². The third kappa shape index (κ3) is 3.50. The van der Waals surface area contributed by atoms with E-state index in [0.29, 0.717) is 0 Å². The molecule has 0 heterocycles. The molecular weight excluding hydrogens is 218 g/mol.